The first-order chi connectivity index (χ1) is 12.5. The Bertz CT molecular complexity index is 1040. The van der Waals surface area contributed by atoms with Crippen molar-refractivity contribution in [1.82, 2.24) is 9.55 Å². The van der Waals surface area contributed by atoms with Crippen LogP contribution in [0.25, 0.3) is 10.9 Å². The van der Waals surface area contributed by atoms with E-state index in [-0.39, 0.29) is 23.8 Å². The van der Waals surface area contributed by atoms with Gasteiger partial charge in [0.05, 0.1) is 10.9 Å². The third kappa shape index (κ3) is 3.54. The molecule has 3 aromatic rings. The van der Waals surface area contributed by atoms with Gasteiger partial charge in [0, 0.05) is 17.7 Å². The number of aryl methyl sites for hydroxylation is 1. The van der Waals surface area contributed by atoms with Crippen molar-refractivity contribution < 1.29 is 9.59 Å². The topological polar surface area (TPSA) is 81.1 Å². The van der Waals surface area contributed by atoms with E-state index in [1.807, 2.05) is 13.0 Å². The first-order valence-electron chi connectivity index (χ1n) is 8.39. The average molecular weight is 349 g/mol. The van der Waals surface area contributed by atoms with E-state index in [1.165, 1.54) is 11.5 Å². The molecule has 1 aromatic heterocycles. The predicted octanol–water partition coefficient (Wildman–Crippen LogP) is 2.80. The molecule has 26 heavy (non-hydrogen) atoms. The van der Waals surface area contributed by atoms with Gasteiger partial charge in [0.2, 0.25) is 5.91 Å². The number of hydrogen-bond donors (Lipinski definition) is 1. The summed E-state index contributed by atoms with van der Waals surface area (Å²) in [4.78, 5) is 40.9. The van der Waals surface area contributed by atoms with Crippen molar-refractivity contribution in [2.75, 3.05) is 5.32 Å². The Morgan fingerprint density at radius 1 is 1.08 bits per heavy atom. The van der Waals surface area contributed by atoms with Gasteiger partial charge in [0.25, 0.3) is 5.56 Å². The van der Waals surface area contributed by atoms with Gasteiger partial charge in [0.15, 0.2) is 5.78 Å². The van der Waals surface area contributed by atoms with Crippen LogP contribution in [0, 0.1) is 0 Å². The highest BCUT2D eigenvalue weighted by atomic mass is 16.2. The molecule has 2 aromatic carbocycles. The maximum atomic E-state index is 12.7. The molecule has 6 heteroatoms. The van der Waals surface area contributed by atoms with Gasteiger partial charge in [0.1, 0.15) is 12.4 Å². The fourth-order valence-corrected chi connectivity index (χ4v) is 2.78. The van der Waals surface area contributed by atoms with E-state index >= 15 is 0 Å². The summed E-state index contributed by atoms with van der Waals surface area (Å²) in [5.74, 6) is 0.203. The number of para-hydroxylation sites is 1. The molecule has 6 nitrogen and oxygen atoms in total. The Kier molecular flexibility index (Phi) is 4.93. The van der Waals surface area contributed by atoms with Gasteiger partial charge < -0.3 is 5.32 Å². The van der Waals surface area contributed by atoms with Crippen LogP contribution in [-0.2, 0) is 17.8 Å². The molecule has 1 amide bonds. The number of ketones is 1. The van der Waals surface area contributed by atoms with Gasteiger partial charge in [-0.1, -0.05) is 19.1 Å². The van der Waals surface area contributed by atoms with Crippen molar-refractivity contribution in [3.63, 3.8) is 0 Å². The minimum atomic E-state index is -0.325. The van der Waals surface area contributed by atoms with E-state index < -0.39 is 0 Å². The lowest BCUT2D eigenvalue weighted by molar-refractivity contribution is -0.116. The molecule has 0 fully saturated rings. The van der Waals surface area contributed by atoms with Crippen LogP contribution in [0.5, 0.6) is 0 Å². The number of benzene rings is 2. The van der Waals surface area contributed by atoms with Crippen LogP contribution >= 0.6 is 0 Å². The zero-order valence-corrected chi connectivity index (χ0v) is 14.7. The Morgan fingerprint density at radius 3 is 2.42 bits per heavy atom. The smallest absolute Gasteiger partial charge is 0.261 e. The summed E-state index contributed by atoms with van der Waals surface area (Å²) in [6, 6.07) is 13.7. The summed E-state index contributed by atoms with van der Waals surface area (Å²) in [6.07, 6.45) is 0.542. The van der Waals surface area contributed by atoms with Crippen LogP contribution in [0.1, 0.15) is 30.0 Å². The molecular weight excluding hydrogens is 330 g/mol. The van der Waals surface area contributed by atoms with Gasteiger partial charge in [-0.2, -0.15) is 0 Å². The third-order valence-electron chi connectivity index (χ3n) is 4.13. The fourth-order valence-electron chi connectivity index (χ4n) is 2.78. The number of amides is 1. The summed E-state index contributed by atoms with van der Waals surface area (Å²) in [5, 5.41) is 3.23. The van der Waals surface area contributed by atoms with E-state index in [1.54, 1.807) is 42.5 Å². The summed E-state index contributed by atoms with van der Waals surface area (Å²) >= 11 is 0. The minimum absolute atomic E-state index is 0.0377. The SMILES string of the molecule is CCc1nc2ccccc2c(=O)n1CC(=O)Nc1ccc(C(C)=O)cc1. The van der Waals surface area contributed by atoms with E-state index in [9.17, 15) is 14.4 Å². The predicted molar refractivity (Wildman–Crippen MR) is 100 cm³/mol. The highest BCUT2D eigenvalue weighted by molar-refractivity contribution is 5.95. The van der Waals surface area contributed by atoms with Crippen LogP contribution in [0.15, 0.2) is 53.3 Å². The number of hydrogen-bond acceptors (Lipinski definition) is 4. The van der Waals surface area contributed by atoms with Crippen LogP contribution in [0.3, 0.4) is 0 Å². The van der Waals surface area contributed by atoms with Crippen LogP contribution < -0.4 is 10.9 Å². The lowest BCUT2D eigenvalue weighted by Gasteiger charge is -2.12. The number of rotatable bonds is 5. The van der Waals surface area contributed by atoms with Crippen LogP contribution in [0.2, 0.25) is 0 Å². The molecule has 1 N–H and O–H groups in total. The summed E-state index contributed by atoms with van der Waals surface area (Å²) in [6.45, 7) is 3.26. The Balaban J connectivity index is 1.86. The lowest BCUT2D eigenvalue weighted by Crippen LogP contribution is -2.31. The largest absolute Gasteiger partial charge is 0.325 e. The summed E-state index contributed by atoms with van der Waals surface area (Å²) in [7, 11) is 0. The van der Waals surface area contributed by atoms with Crippen molar-refractivity contribution in [1.29, 1.82) is 0 Å². The Morgan fingerprint density at radius 2 is 1.77 bits per heavy atom. The molecule has 0 saturated carbocycles. The summed E-state index contributed by atoms with van der Waals surface area (Å²) < 4.78 is 1.40. The van der Waals surface area contributed by atoms with Crippen LogP contribution in [-0.4, -0.2) is 21.2 Å². The number of carbonyl (C=O) groups excluding carboxylic acids is 2. The van der Waals surface area contributed by atoms with E-state index in [4.69, 9.17) is 0 Å². The molecule has 0 aliphatic heterocycles. The first kappa shape index (κ1) is 17.5. The molecule has 0 aliphatic carbocycles. The molecule has 0 saturated heterocycles. The van der Waals surface area contributed by atoms with Gasteiger partial charge in [-0.05, 0) is 43.3 Å². The number of carbonyl (C=O) groups is 2. The number of anilines is 1. The molecule has 0 atom stereocenters. The van der Waals surface area contributed by atoms with Crippen molar-refractivity contribution in [2.45, 2.75) is 26.8 Å². The second kappa shape index (κ2) is 7.31. The maximum absolute atomic E-state index is 12.7. The molecule has 0 unspecified atom stereocenters. The van der Waals surface area contributed by atoms with Crippen molar-refractivity contribution in [3.8, 4) is 0 Å². The normalized spacial score (nSPS) is 10.7. The van der Waals surface area contributed by atoms with Gasteiger partial charge in [-0.25, -0.2) is 4.98 Å². The second-order valence-electron chi connectivity index (χ2n) is 5.97. The zero-order valence-electron chi connectivity index (χ0n) is 14.7. The molecule has 0 bridgehead atoms. The van der Waals surface area contributed by atoms with Crippen LogP contribution in [0.4, 0.5) is 5.69 Å². The highest BCUT2D eigenvalue weighted by Crippen LogP contribution is 2.11. The molecule has 0 spiro atoms. The van der Waals surface area contributed by atoms with E-state index in [0.717, 1.165) is 0 Å². The van der Waals surface area contributed by atoms with E-state index in [0.29, 0.717) is 34.4 Å². The number of nitrogens with one attached hydrogen (secondary N) is 1. The number of nitrogens with zero attached hydrogens (tertiary/aromatic N) is 2. The number of fused-ring (bicyclic) bond motifs is 1. The number of aromatic nitrogens is 2. The van der Waals surface area contributed by atoms with Gasteiger partial charge in [-0.15, -0.1) is 0 Å². The zero-order chi connectivity index (χ0) is 18.7. The fraction of sp³-hybridized carbons (Fsp3) is 0.200. The second-order valence-corrected chi connectivity index (χ2v) is 5.97. The van der Waals surface area contributed by atoms with Gasteiger partial charge >= 0.3 is 0 Å². The third-order valence-corrected chi connectivity index (χ3v) is 4.13. The van der Waals surface area contributed by atoms with E-state index in [2.05, 4.69) is 10.3 Å². The molecule has 132 valence electrons. The lowest BCUT2D eigenvalue weighted by atomic mass is 10.1. The monoisotopic (exact) mass is 349 g/mol. The quantitative estimate of drug-likeness (QED) is 0.718. The molecule has 1 heterocycles. The van der Waals surface area contributed by atoms with Crippen molar-refractivity contribution in [3.05, 3.63) is 70.3 Å². The Labute approximate surface area is 150 Å². The molecule has 0 aliphatic rings. The van der Waals surface area contributed by atoms with Crippen molar-refractivity contribution in [2.24, 2.45) is 0 Å². The average Bonchev–Trinajstić information content (AvgIpc) is 2.64. The Hall–Kier alpha value is -3.28. The maximum Gasteiger partial charge on any atom is 0.261 e. The van der Waals surface area contributed by atoms with Crippen molar-refractivity contribution >= 4 is 28.3 Å². The van der Waals surface area contributed by atoms with Gasteiger partial charge in [-0.3, -0.25) is 19.0 Å². The molecule has 3 rings (SSSR count). The summed E-state index contributed by atoms with van der Waals surface area (Å²) in [5.41, 5.74) is 1.55. The number of Topliss-reactive ketones (excluding diaryl/α,β-unsaturated/α-hetero) is 1. The molecular formula is C20H19N3O3. The highest BCUT2D eigenvalue weighted by Gasteiger charge is 2.13. The molecule has 0 radical (unpaired) electrons. The first-order valence-corrected chi connectivity index (χ1v) is 8.39. The minimum Gasteiger partial charge on any atom is -0.325 e. The standard InChI is InChI=1S/C20H19N3O3/c1-3-18-22-17-7-5-4-6-16(17)20(26)23(18)12-19(25)21-15-10-8-14(9-11-15)13(2)24/h4-11H,3,12H2,1-2H3,(H,21,25).